The van der Waals surface area contributed by atoms with E-state index in [0.717, 1.165) is 41.2 Å². The van der Waals surface area contributed by atoms with E-state index >= 15 is 0 Å². The molecule has 0 aliphatic carbocycles. The molecule has 6 nitrogen and oxygen atoms in total. The topological polar surface area (TPSA) is 95.5 Å². The molecule has 1 aliphatic rings. The number of hydrogen-bond donors (Lipinski definition) is 3. The smallest absolute Gasteiger partial charge is 0.220 e. The van der Waals surface area contributed by atoms with Crippen LogP contribution in [0.25, 0.3) is 5.70 Å². The monoisotopic (exact) mass is 478 g/mol. The van der Waals surface area contributed by atoms with E-state index in [2.05, 4.69) is 10.6 Å². The van der Waals surface area contributed by atoms with Crippen LogP contribution in [0, 0.1) is 11.6 Å². The molecule has 1 aliphatic heterocycles. The van der Waals surface area contributed by atoms with Gasteiger partial charge in [0.05, 0.1) is 29.0 Å². The van der Waals surface area contributed by atoms with Crippen LogP contribution in [-0.2, 0) is 33.2 Å². The average Bonchev–Trinajstić information content (AvgIpc) is 2.75. The van der Waals surface area contributed by atoms with Crippen molar-refractivity contribution >= 4 is 21.4 Å². The minimum absolute atomic E-state index is 0.00279. The van der Waals surface area contributed by atoms with Gasteiger partial charge < -0.3 is 15.7 Å². The normalized spacial score (nSPS) is 16.3. The fourth-order valence-electron chi connectivity index (χ4n) is 3.79. The van der Waals surface area contributed by atoms with Crippen LogP contribution in [0.4, 0.5) is 8.78 Å². The Morgan fingerprint density at radius 3 is 2.42 bits per heavy atom. The third kappa shape index (κ3) is 6.61. The van der Waals surface area contributed by atoms with Crippen LogP contribution in [0.3, 0.4) is 0 Å². The van der Waals surface area contributed by atoms with Crippen molar-refractivity contribution in [2.45, 2.75) is 51.0 Å². The number of aliphatic hydroxyl groups excluding tert-OH is 1. The summed E-state index contributed by atoms with van der Waals surface area (Å²) in [6.45, 7) is 3.57. The van der Waals surface area contributed by atoms with Crippen molar-refractivity contribution < 1.29 is 27.1 Å². The Labute approximate surface area is 192 Å². The molecule has 9 heteroatoms. The highest BCUT2D eigenvalue weighted by atomic mass is 32.2. The van der Waals surface area contributed by atoms with Gasteiger partial charge in [0.15, 0.2) is 9.84 Å². The Kier molecular flexibility index (Phi) is 7.86. The van der Waals surface area contributed by atoms with Gasteiger partial charge in [0, 0.05) is 24.6 Å². The lowest BCUT2D eigenvalue weighted by Gasteiger charge is -2.27. The zero-order valence-corrected chi connectivity index (χ0v) is 19.4. The lowest BCUT2D eigenvalue weighted by molar-refractivity contribution is -0.122. The van der Waals surface area contributed by atoms with Crippen molar-refractivity contribution in [2.75, 3.05) is 6.54 Å². The van der Waals surface area contributed by atoms with Crippen molar-refractivity contribution in [3.63, 3.8) is 0 Å². The van der Waals surface area contributed by atoms with E-state index in [-0.39, 0.29) is 36.6 Å². The third-order valence-electron chi connectivity index (χ3n) is 5.54. The number of aliphatic hydroxyl groups is 1. The summed E-state index contributed by atoms with van der Waals surface area (Å²) >= 11 is 0. The zero-order valence-electron chi connectivity index (χ0n) is 18.6. The number of nitrogens with one attached hydrogen (secondary N) is 2. The molecule has 0 spiro atoms. The molecule has 0 saturated carbocycles. The number of benzene rings is 2. The maximum atomic E-state index is 13.6. The number of aryl methyl sites for hydroxylation is 1. The van der Waals surface area contributed by atoms with E-state index < -0.39 is 33.6 Å². The second kappa shape index (κ2) is 10.4. The molecule has 0 bridgehead atoms. The number of amides is 1. The lowest BCUT2D eigenvalue weighted by Crippen LogP contribution is -2.48. The standard InChI is InChI=1S/C24H28F2N2O4S/c1-3-15-5-6-17-13-33(31,32)14-22(20(17)9-15)27-12-23(29)21(28-24(30)4-2)10-16-7-18(25)11-19(26)8-16/h5-9,11,14,21,23,27,29H,3-4,10,12-13H2,1-2H3,(H,28,30). The minimum atomic E-state index is -3.47. The SMILES string of the molecule is CCC(=O)NC(Cc1cc(F)cc(F)c1)C(O)CNC1=CS(=O)(=O)Cc2ccc(CC)cc21. The van der Waals surface area contributed by atoms with Crippen LogP contribution >= 0.6 is 0 Å². The Bertz CT molecular complexity index is 1140. The van der Waals surface area contributed by atoms with Gasteiger partial charge in [-0.15, -0.1) is 0 Å². The van der Waals surface area contributed by atoms with Crippen molar-refractivity contribution in [3.05, 3.63) is 75.7 Å². The predicted molar refractivity (Wildman–Crippen MR) is 123 cm³/mol. The number of hydrogen-bond acceptors (Lipinski definition) is 5. The number of fused-ring (bicyclic) bond motifs is 1. The van der Waals surface area contributed by atoms with Gasteiger partial charge in [-0.3, -0.25) is 4.79 Å². The van der Waals surface area contributed by atoms with E-state index in [1.165, 1.54) is 0 Å². The number of sulfone groups is 1. The first kappa shape index (κ1) is 24.9. The molecule has 0 aromatic heterocycles. The van der Waals surface area contributed by atoms with Gasteiger partial charge in [-0.05, 0) is 47.7 Å². The van der Waals surface area contributed by atoms with Crippen molar-refractivity contribution in [1.82, 2.24) is 10.6 Å². The van der Waals surface area contributed by atoms with Crippen LogP contribution in [0.1, 0.15) is 42.5 Å². The first-order valence-electron chi connectivity index (χ1n) is 10.8. The van der Waals surface area contributed by atoms with Gasteiger partial charge in [-0.25, -0.2) is 17.2 Å². The molecular weight excluding hydrogens is 450 g/mol. The highest BCUT2D eigenvalue weighted by Gasteiger charge is 2.26. The van der Waals surface area contributed by atoms with Gasteiger partial charge >= 0.3 is 0 Å². The lowest BCUT2D eigenvalue weighted by atomic mass is 9.99. The molecular formula is C24H28F2N2O4S. The number of carbonyl (C=O) groups excluding carboxylic acids is 1. The molecule has 3 N–H and O–H groups in total. The molecule has 1 amide bonds. The largest absolute Gasteiger partial charge is 0.389 e. The highest BCUT2D eigenvalue weighted by Crippen LogP contribution is 2.28. The second-order valence-electron chi connectivity index (χ2n) is 8.14. The van der Waals surface area contributed by atoms with Crippen LogP contribution < -0.4 is 10.6 Å². The quantitative estimate of drug-likeness (QED) is 0.515. The molecule has 2 unspecified atom stereocenters. The maximum Gasteiger partial charge on any atom is 0.220 e. The summed E-state index contributed by atoms with van der Waals surface area (Å²) in [5.74, 6) is -1.92. The summed E-state index contributed by atoms with van der Waals surface area (Å²) < 4.78 is 51.9. The Hall–Kier alpha value is -2.78. The molecule has 2 aromatic carbocycles. The molecule has 3 rings (SSSR count). The van der Waals surface area contributed by atoms with Gasteiger partial charge in [0.25, 0.3) is 0 Å². The molecule has 178 valence electrons. The summed E-state index contributed by atoms with van der Waals surface area (Å²) in [7, 11) is -3.47. The van der Waals surface area contributed by atoms with Gasteiger partial charge in [-0.1, -0.05) is 26.0 Å². The Morgan fingerprint density at radius 1 is 1.09 bits per heavy atom. The molecule has 2 atom stereocenters. The van der Waals surface area contributed by atoms with Crippen molar-refractivity contribution in [3.8, 4) is 0 Å². The van der Waals surface area contributed by atoms with E-state index in [1.54, 1.807) is 13.0 Å². The third-order valence-corrected chi connectivity index (χ3v) is 6.85. The van der Waals surface area contributed by atoms with Crippen molar-refractivity contribution in [1.29, 1.82) is 0 Å². The minimum Gasteiger partial charge on any atom is -0.389 e. The Balaban J connectivity index is 1.81. The van der Waals surface area contributed by atoms with Crippen LogP contribution in [0.5, 0.6) is 0 Å². The first-order chi connectivity index (χ1) is 15.6. The van der Waals surface area contributed by atoms with E-state index in [1.807, 2.05) is 19.1 Å². The van der Waals surface area contributed by atoms with Crippen molar-refractivity contribution in [2.24, 2.45) is 0 Å². The fraction of sp³-hybridized carbons (Fsp3) is 0.375. The number of halogens is 2. The van der Waals surface area contributed by atoms with Crippen LogP contribution in [0.2, 0.25) is 0 Å². The molecule has 1 heterocycles. The average molecular weight is 479 g/mol. The maximum absolute atomic E-state index is 13.6. The molecule has 0 saturated heterocycles. The summed E-state index contributed by atoms with van der Waals surface area (Å²) in [6, 6.07) is 7.80. The number of carbonyl (C=O) groups is 1. The summed E-state index contributed by atoms with van der Waals surface area (Å²) in [6.07, 6.45) is -0.206. The predicted octanol–water partition coefficient (Wildman–Crippen LogP) is 2.84. The second-order valence-corrected chi connectivity index (χ2v) is 9.99. The fourth-order valence-corrected chi connectivity index (χ4v) is 5.13. The molecule has 33 heavy (non-hydrogen) atoms. The van der Waals surface area contributed by atoms with E-state index in [9.17, 15) is 27.1 Å². The zero-order chi connectivity index (χ0) is 24.2. The summed E-state index contributed by atoms with van der Waals surface area (Å²) in [5.41, 5.74) is 3.10. The summed E-state index contributed by atoms with van der Waals surface area (Å²) in [5, 5.41) is 17.7. The van der Waals surface area contributed by atoms with E-state index in [0.29, 0.717) is 11.3 Å². The van der Waals surface area contributed by atoms with Crippen LogP contribution in [0.15, 0.2) is 41.8 Å². The Morgan fingerprint density at radius 2 is 1.79 bits per heavy atom. The van der Waals surface area contributed by atoms with Crippen LogP contribution in [-0.4, -0.2) is 38.1 Å². The molecule has 2 aromatic rings. The van der Waals surface area contributed by atoms with Gasteiger partial charge in [0.2, 0.25) is 5.91 Å². The number of rotatable bonds is 9. The molecule has 0 radical (unpaired) electrons. The molecule has 0 fully saturated rings. The summed E-state index contributed by atoms with van der Waals surface area (Å²) in [4.78, 5) is 12.0. The first-order valence-corrected chi connectivity index (χ1v) is 12.5. The van der Waals surface area contributed by atoms with Gasteiger partial charge in [0.1, 0.15) is 11.6 Å². The van der Waals surface area contributed by atoms with Gasteiger partial charge in [-0.2, -0.15) is 0 Å². The van der Waals surface area contributed by atoms with E-state index in [4.69, 9.17) is 0 Å². The highest BCUT2D eigenvalue weighted by molar-refractivity contribution is 7.93.